The molecule has 1 aromatic carbocycles. The van der Waals surface area contributed by atoms with Crippen LogP contribution in [0.5, 0.6) is 5.75 Å². The lowest BCUT2D eigenvalue weighted by Crippen LogP contribution is -2.52. The lowest BCUT2D eigenvalue weighted by atomic mass is 10.1. The van der Waals surface area contributed by atoms with Crippen LogP contribution in [0.4, 0.5) is 11.5 Å². The third kappa shape index (κ3) is 3.38. The molecule has 7 heteroatoms. The van der Waals surface area contributed by atoms with E-state index in [2.05, 4.69) is 14.8 Å². The molecule has 2 amide bonds. The maximum Gasteiger partial charge on any atom is 0.251 e. The van der Waals surface area contributed by atoms with Crippen LogP contribution >= 0.6 is 0 Å². The van der Waals surface area contributed by atoms with Crippen molar-refractivity contribution in [2.75, 3.05) is 43.1 Å². The summed E-state index contributed by atoms with van der Waals surface area (Å²) >= 11 is 0. The van der Waals surface area contributed by atoms with Crippen molar-refractivity contribution in [3.8, 4) is 5.75 Å². The second kappa shape index (κ2) is 7.36. The standard InChI is InChI=1S/C20H22N4O3/c1-27-16-6-4-5-15(13-16)24-19(25)14-17(20(24)26)22-9-11-23(12-10-22)18-7-2-3-8-21-18/h2-8,13,17H,9-12,14H2,1H3/t17-/m1/s1. The van der Waals surface area contributed by atoms with E-state index in [-0.39, 0.29) is 18.2 Å². The predicted molar refractivity (Wildman–Crippen MR) is 102 cm³/mol. The summed E-state index contributed by atoms with van der Waals surface area (Å²) in [6.07, 6.45) is 2.01. The Labute approximate surface area is 158 Å². The van der Waals surface area contributed by atoms with Crippen molar-refractivity contribution in [2.24, 2.45) is 0 Å². The van der Waals surface area contributed by atoms with Crippen LogP contribution in [0.15, 0.2) is 48.7 Å². The third-order valence-electron chi connectivity index (χ3n) is 5.16. The van der Waals surface area contributed by atoms with Crippen molar-refractivity contribution >= 4 is 23.3 Å². The van der Waals surface area contributed by atoms with Crippen molar-refractivity contribution in [3.63, 3.8) is 0 Å². The first-order chi connectivity index (χ1) is 13.2. The number of rotatable bonds is 4. The second-order valence-corrected chi connectivity index (χ2v) is 6.70. The molecule has 0 unspecified atom stereocenters. The largest absolute Gasteiger partial charge is 0.497 e. The fourth-order valence-corrected chi connectivity index (χ4v) is 3.73. The summed E-state index contributed by atoms with van der Waals surface area (Å²) in [6.45, 7) is 3.03. The van der Waals surface area contributed by atoms with Crippen molar-refractivity contribution in [3.05, 3.63) is 48.7 Å². The van der Waals surface area contributed by atoms with E-state index in [1.165, 1.54) is 4.90 Å². The van der Waals surface area contributed by atoms with Crippen LogP contribution < -0.4 is 14.5 Å². The Balaban J connectivity index is 1.45. The number of hydrogen-bond acceptors (Lipinski definition) is 6. The summed E-state index contributed by atoms with van der Waals surface area (Å²) < 4.78 is 5.21. The van der Waals surface area contributed by atoms with Crippen molar-refractivity contribution in [1.29, 1.82) is 0 Å². The molecule has 4 rings (SSSR count). The second-order valence-electron chi connectivity index (χ2n) is 6.70. The quantitative estimate of drug-likeness (QED) is 0.765. The van der Waals surface area contributed by atoms with Crippen LogP contribution in [-0.4, -0.2) is 61.0 Å². The van der Waals surface area contributed by atoms with Crippen molar-refractivity contribution in [1.82, 2.24) is 9.88 Å². The molecule has 2 aromatic rings. The van der Waals surface area contributed by atoms with Crippen LogP contribution in [-0.2, 0) is 9.59 Å². The Morgan fingerprint density at radius 2 is 1.85 bits per heavy atom. The lowest BCUT2D eigenvalue weighted by Gasteiger charge is -2.37. The molecule has 0 radical (unpaired) electrons. The first-order valence-corrected chi connectivity index (χ1v) is 9.08. The van der Waals surface area contributed by atoms with Gasteiger partial charge in [0.05, 0.1) is 25.3 Å². The first kappa shape index (κ1) is 17.5. The van der Waals surface area contributed by atoms with E-state index < -0.39 is 6.04 Å². The number of amides is 2. The molecule has 0 N–H and O–H groups in total. The molecule has 0 bridgehead atoms. The Hall–Kier alpha value is -2.93. The topological polar surface area (TPSA) is 66.0 Å². The highest BCUT2D eigenvalue weighted by atomic mass is 16.5. The van der Waals surface area contributed by atoms with Gasteiger partial charge in [0.2, 0.25) is 5.91 Å². The fourth-order valence-electron chi connectivity index (χ4n) is 3.73. The predicted octanol–water partition coefficient (Wildman–Crippen LogP) is 1.54. The van der Waals surface area contributed by atoms with Gasteiger partial charge in [-0.05, 0) is 24.3 Å². The van der Waals surface area contributed by atoms with E-state index >= 15 is 0 Å². The Bertz CT molecular complexity index is 834. The lowest BCUT2D eigenvalue weighted by molar-refractivity contribution is -0.123. The molecule has 1 atom stereocenters. The number of nitrogens with zero attached hydrogens (tertiary/aromatic N) is 4. The Kier molecular flexibility index (Phi) is 4.77. The molecule has 0 aliphatic carbocycles. The van der Waals surface area contributed by atoms with Gasteiger partial charge >= 0.3 is 0 Å². The molecule has 140 valence electrons. The van der Waals surface area contributed by atoms with E-state index in [0.29, 0.717) is 11.4 Å². The average molecular weight is 366 g/mol. The minimum Gasteiger partial charge on any atom is -0.497 e. The van der Waals surface area contributed by atoms with Crippen LogP contribution in [0.25, 0.3) is 0 Å². The molecule has 0 saturated carbocycles. The average Bonchev–Trinajstić information content (AvgIpc) is 3.03. The maximum atomic E-state index is 13.0. The SMILES string of the molecule is COc1cccc(N2C(=O)C[C@@H](N3CCN(c4ccccn4)CC3)C2=O)c1. The molecule has 27 heavy (non-hydrogen) atoms. The highest BCUT2D eigenvalue weighted by Gasteiger charge is 2.43. The Morgan fingerprint density at radius 3 is 2.56 bits per heavy atom. The van der Waals surface area contributed by atoms with E-state index in [9.17, 15) is 9.59 Å². The highest BCUT2D eigenvalue weighted by molar-refractivity contribution is 6.22. The van der Waals surface area contributed by atoms with Crippen LogP contribution in [0.2, 0.25) is 0 Å². The summed E-state index contributed by atoms with van der Waals surface area (Å²) in [5.41, 5.74) is 0.568. The Morgan fingerprint density at radius 1 is 1.04 bits per heavy atom. The molecular formula is C20H22N4O3. The number of carbonyl (C=O) groups is 2. The summed E-state index contributed by atoms with van der Waals surface area (Å²) in [5, 5.41) is 0. The molecule has 2 aliphatic rings. The molecule has 2 aliphatic heterocycles. The zero-order chi connectivity index (χ0) is 18.8. The van der Waals surface area contributed by atoms with Crippen LogP contribution in [0.3, 0.4) is 0 Å². The minimum absolute atomic E-state index is 0.153. The number of pyridine rings is 1. The van der Waals surface area contributed by atoms with Gasteiger partial charge in [-0.1, -0.05) is 12.1 Å². The van der Waals surface area contributed by atoms with Gasteiger partial charge in [0.1, 0.15) is 11.6 Å². The number of methoxy groups -OCH3 is 1. The third-order valence-corrected chi connectivity index (χ3v) is 5.16. The van der Waals surface area contributed by atoms with Gasteiger partial charge < -0.3 is 9.64 Å². The summed E-state index contributed by atoms with van der Waals surface area (Å²) in [7, 11) is 1.57. The number of imide groups is 1. The van der Waals surface area contributed by atoms with Crippen molar-refractivity contribution < 1.29 is 14.3 Å². The number of piperazine rings is 1. The number of aromatic nitrogens is 1. The van der Waals surface area contributed by atoms with E-state index in [1.54, 1.807) is 37.6 Å². The summed E-state index contributed by atoms with van der Waals surface area (Å²) in [6, 6.07) is 12.5. The minimum atomic E-state index is -0.394. The molecule has 0 spiro atoms. The normalized spacial score (nSPS) is 21.0. The number of hydrogen-bond donors (Lipinski definition) is 0. The zero-order valence-corrected chi connectivity index (χ0v) is 15.2. The van der Waals surface area contributed by atoms with Gasteiger partial charge in [0.25, 0.3) is 5.91 Å². The number of carbonyl (C=O) groups excluding carboxylic acids is 2. The van der Waals surface area contributed by atoms with Crippen LogP contribution in [0.1, 0.15) is 6.42 Å². The van der Waals surface area contributed by atoms with E-state index in [4.69, 9.17) is 4.74 Å². The van der Waals surface area contributed by atoms with Gasteiger partial charge in [-0.15, -0.1) is 0 Å². The first-order valence-electron chi connectivity index (χ1n) is 9.08. The molecule has 2 saturated heterocycles. The van der Waals surface area contributed by atoms with E-state index in [0.717, 1.165) is 32.0 Å². The summed E-state index contributed by atoms with van der Waals surface area (Å²) in [5.74, 6) is 1.26. The monoisotopic (exact) mass is 366 g/mol. The van der Waals surface area contributed by atoms with Gasteiger partial charge in [-0.2, -0.15) is 0 Å². The number of benzene rings is 1. The number of ether oxygens (including phenoxy) is 1. The van der Waals surface area contributed by atoms with Crippen molar-refractivity contribution in [2.45, 2.75) is 12.5 Å². The number of anilines is 2. The zero-order valence-electron chi connectivity index (χ0n) is 15.2. The van der Waals surface area contributed by atoms with E-state index in [1.807, 2.05) is 18.2 Å². The highest BCUT2D eigenvalue weighted by Crippen LogP contribution is 2.29. The summed E-state index contributed by atoms with van der Waals surface area (Å²) in [4.78, 5) is 35.5. The molecule has 2 fully saturated rings. The fraction of sp³-hybridized carbons (Fsp3) is 0.350. The molecular weight excluding hydrogens is 344 g/mol. The van der Waals surface area contributed by atoms with Gasteiger partial charge in [0.15, 0.2) is 0 Å². The van der Waals surface area contributed by atoms with Gasteiger partial charge in [0, 0.05) is 38.4 Å². The van der Waals surface area contributed by atoms with Gasteiger partial charge in [-0.3, -0.25) is 14.5 Å². The smallest absolute Gasteiger partial charge is 0.251 e. The van der Waals surface area contributed by atoms with Gasteiger partial charge in [-0.25, -0.2) is 9.88 Å². The van der Waals surface area contributed by atoms with Crippen LogP contribution in [0, 0.1) is 0 Å². The molecule has 7 nitrogen and oxygen atoms in total. The molecule has 3 heterocycles. The molecule has 1 aromatic heterocycles. The maximum absolute atomic E-state index is 13.0.